The van der Waals surface area contributed by atoms with Crippen molar-refractivity contribution in [2.24, 2.45) is 0 Å². The van der Waals surface area contributed by atoms with E-state index in [9.17, 15) is 9.59 Å². The summed E-state index contributed by atoms with van der Waals surface area (Å²) in [5, 5.41) is 0. The van der Waals surface area contributed by atoms with E-state index in [1.807, 2.05) is 37.1 Å². The predicted octanol–water partition coefficient (Wildman–Crippen LogP) is 1.13. The Balaban J connectivity index is 2.18. The van der Waals surface area contributed by atoms with Gasteiger partial charge in [0, 0.05) is 33.1 Å². The Morgan fingerprint density at radius 2 is 1.87 bits per heavy atom. The third-order valence-corrected chi connectivity index (χ3v) is 4.15. The zero-order chi connectivity index (χ0) is 17.0. The molecule has 0 spiro atoms. The highest BCUT2D eigenvalue weighted by molar-refractivity contribution is 5.98. The van der Waals surface area contributed by atoms with E-state index in [4.69, 9.17) is 4.74 Å². The number of nitrogens with zero attached hydrogens (tertiary/aromatic N) is 3. The fraction of sp³-hybridized carbons (Fsp3) is 0.529. The van der Waals surface area contributed by atoms with Crippen LogP contribution in [0, 0.1) is 6.92 Å². The first kappa shape index (κ1) is 17.3. The molecule has 0 saturated carbocycles. The van der Waals surface area contributed by atoms with Crippen molar-refractivity contribution in [1.29, 1.82) is 0 Å². The molecule has 2 rings (SSSR count). The standard InChI is InChI=1S/C17H25N3O3/c1-13-5-6-16(23-4)15(11-13)20(14(2)21)12-17(22)19-9-7-18(3)8-10-19/h5-6,11H,7-10,12H2,1-4H3. The summed E-state index contributed by atoms with van der Waals surface area (Å²) in [5.74, 6) is 0.394. The van der Waals surface area contributed by atoms with Crippen LogP contribution in [0.1, 0.15) is 12.5 Å². The molecule has 1 aliphatic rings. The SMILES string of the molecule is COc1ccc(C)cc1N(CC(=O)N1CCN(C)CC1)C(C)=O. The quantitative estimate of drug-likeness (QED) is 0.835. The highest BCUT2D eigenvalue weighted by Gasteiger charge is 2.24. The molecule has 0 aliphatic carbocycles. The van der Waals surface area contributed by atoms with E-state index in [0.29, 0.717) is 24.5 Å². The Morgan fingerprint density at radius 3 is 2.43 bits per heavy atom. The number of aryl methyl sites for hydroxylation is 1. The Kier molecular flexibility index (Phi) is 5.60. The number of likely N-dealkylation sites (N-methyl/N-ethyl adjacent to an activating group) is 1. The number of hydrogen-bond donors (Lipinski definition) is 0. The molecule has 0 radical (unpaired) electrons. The van der Waals surface area contributed by atoms with Gasteiger partial charge in [0.05, 0.1) is 12.8 Å². The van der Waals surface area contributed by atoms with Gasteiger partial charge in [-0.15, -0.1) is 0 Å². The smallest absolute Gasteiger partial charge is 0.242 e. The molecule has 1 aromatic carbocycles. The van der Waals surface area contributed by atoms with Crippen LogP contribution >= 0.6 is 0 Å². The van der Waals surface area contributed by atoms with Crippen LogP contribution in [0.15, 0.2) is 18.2 Å². The van der Waals surface area contributed by atoms with Crippen LogP contribution in [0.5, 0.6) is 5.75 Å². The van der Waals surface area contributed by atoms with Gasteiger partial charge in [0.25, 0.3) is 0 Å². The van der Waals surface area contributed by atoms with Crippen molar-refractivity contribution < 1.29 is 14.3 Å². The van der Waals surface area contributed by atoms with E-state index in [1.54, 1.807) is 7.11 Å². The largest absolute Gasteiger partial charge is 0.495 e. The van der Waals surface area contributed by atoms with Gasteiger partial charge in [0.15, 0.2) is 0 Å². The lowest BCUT2D eigenvalue weighted by Crippen LogP contribution is -2.50. The summed E-state index contributed by atoms with van der Waals surface area (Å²) < 4.78 is 5.35. The first-order chi connectivity index (χ1) is 10.9. The number of carbonyl (C=O) groups excluding carboxylic acids is 2. The van der Waals surface area contributed by atoms with Crippen LogP contribution in [0.25, 0.3) is 0 Å². The first-order valence-electron chi connectivity index (χ1n) is 7.81. The molecule has 1 aliphatic heterocycles. The molecule has 6 heteroatoms. The molecule has 2 amide bonds. The molecule has 23 heavy (non-hydrogen) atoms. The average molecular weight is 319 g/mol. The molecule has 1 heterocycles. The maximum absolute atomic E-state index is 12.6. The molecular formula is C17H25N3O3. The minimum Gasteiger partial charge on any atom is -0.495 e. The maximum Gasteiger partial charge on any atom is 0.242 e. The maximum atomic E-state index is 12.6. The van der Waals surface area contributed by atoms with Crippen molar-refractivity contribution in [3.05, 3.63) is 23.8 Å². The van der Waals surface area contributed by atoms with Crippen LogP contribution in [0.2, 0.25) is 0 Å². The molecule has 0 atom stereocenters. The van der Waals surface area contributed by atoms with Crippen molar-refractivity contribution in [3.63, 3.8) is 0 Å². The van der Waals surface area contributed by atoms with Gasteiger partial charge >= 0.3 is 0 Å². The number of benzene rings is 1. The van der Waals surface area contributed by atoms with Crippen molar-refractivity contribution >= 4 is 17.5 Å². The summed E-state index contributed by atoms with van der Waals surface area (Å²) in [4.78, 5) is 30.1. The van der Waals surface area contributed by atoms with Gasteiger partial charge in [-0.2, -0.15) is 0 Å². The second kappa shape index (κ2) is 7.46. The molecular weight excluding hydrogens is 294 g/mol. The number of piperazine rings is 1. The van der Waals surface area contributed by atoms with E-state index in [1.165, 1.54) is 11.8 Å². The van der Waals surface area contributed by atoms with Crippen LogP contribution in [-0.4, -0.2) is 68.5 Å². The van der Waals surface area contributed by atoms with Gasteiger partial charge in [-0.25, -0.2) is 0 Å². The second-order valence-electron chi connectivity index (χ2n) is 5.96. The fourth-order valence-electron chi connectivity index (χ4n) is 2.67. The van der Waals surface area contributed by atoms with Crippen LogP contribution < -0.4 is 9.64 Å². The van der Waals surface area contributed by atoms with E-state index < -0.39 is 0 Å². The summed E-state index contributed by atoms with van der Waals surface area (Å²) in [6.45, 7) is 6.58. The Labute approximate surface area is 137 Å². The lowest BCUT2D eigenvalue weighted by atomic mass is 10.2. The van der Waals surface area contributed by atoms with Gasteiger partial charge < -0.3 is 14.5 Å². The van der Waals surface area contributed by atoms with E-state index in [-0.39, 0.29) is 18.4 Å². The number of carbonyl (C=O) groups is 2. The van der Waals surface area contributed by atoms with E-state index >= 15 is 0 Å². The fourth-order valence-corrected chi connectivity index (χ4v) is 2.67. The zero-order valence-corrected chi connectivity index (χ0v) is 14.3. The zero-order valence-electron chi connectivity index (χ0n) is 14.3. The van der Waals surface area contributed by atoms with Crippen molar-refractivity contribution in [2.45, 2.75) is 13.8 Å². The molecule has 6 nitrogen and oxygen atoms in total. The van der Waals surface area contributed by atoms with Crippen molar-refractivity contribution in [1.82, 2.24) is 9.80 Å². The Morgan fingerprint density at radius 1 is 1.22 bits per heavy atom. The summed E-state index contributed by atoms with van der Waals surface area (Å²) in [6, 6.07) is 5.61. The molecule has 0 aromatic heterocycles. The van der Waals surface area contributed by atoms with Crippen molar-refractivity contribution in [2.75, 3.05) is 51.8 Å². The predicted molar refractivity (Wildman–Crippen MR) is 89.8 cm³/mol. The number of ether oxygens (including phenoxy) is 1. The monoisotopic (exact) mass is 319 g/mol. The Bertz CT molecular complexity index is 580. The molecule has 1 aromatic rings. The highest BCUT2D eigenvalue weighted by atomic mass is 16.5. The summed E-state index contributed by atoms with van der Waals surface area (Å²) in [7, 11) is 3.61. The third-order valence-electron chi connectivity index (χ3n) is 4.15. The molecule has 0 N–H and O–H groups in total. The summed E-state index contributed by atoms with van der Waals surface area (Å²) in [5.41, 5.74) is 1.65. The number of amides is 2. The van der Waals surface area contributed by atoms with Gasteiger partial charge in [-0.1, -0.05) is 6.07 Å². The van der Waals surface area contributed by atoms with Crippen LogP contribution in [-0.2, 0) is 9.59 Å². The average Bonchev–Trinajstić information content (AvgIpc) is 2.52. The van der Waals surface area contributed by atoms with Crippen LogP contribution in [0.4, 0.5) is 5.69 Å². The molecule has 1 saturated heterocycles. The summed E-state index contributed by atoms with van der Waals surface area (Å²) >= 11 is 0. The minimum atomic E-state index is -0.170. The molecule has 0 bridgehead atoms. The minimum absolute atomic E-state index is 0.0307. The topological polar surface area (TPSA) is 53.1 Å². The molecule has 0 unspecified atom stereocenters. The third kappa shape index (κ3) is 4.22. The van der Waals surface area contributed by atoms with Gasteiger partial charge in [-0.05, 0) is 31.7 Å². The summed E-state index contributed by atoms with van der Waals surface area (Å²) in [6.07, 6.45) is 0. The lowest BCUT2D eigenvalue weighted by Gasteiger charge is -2.34. The van der Waals surface area contributed by atoms with E-state index in [0.717, 1.165) is 18.7 Å². The molecule has 126 valence electrons. The molecule has 1 fully saturated rings. The number of methoxy groups -OCH3 is 1. The van der Waals surface area contributed by atoms with Crippen LogP contribution in [0.3, 0.4) is 0 Å². The normalized spacial score (nSPS) is 15.4. The Hall–Kier alpha value is -2.08. The van der Waals surface area contributed by atoms with Gasteiger partial charge in [-0.3, -0.25) is 14.5 Å². The number of anilines is 1. The van der Waals surface area contributed by atoms with E-state index in [2.05, 4.69) is 4.90 Å². The highest BCUT2D eigenvalue weighted by Crippen LogP contribution is 2.29. The number of rotatable bonds is 4. The van der Waals surface area contributed by atoms with Gasteiger partial charge in [0.1, 0.15) is 12.3 Å². The first-order valence-corrected chi connectivity index (χ1v) is 7.81. The van der Waals surface area contributed by atoms with Gasteiger partial charge in [0.2, 0.25) is 11.8 Å². The van der Waals surface area contributed by atoms with Crippen molar-refractivity contribution in [3.8, 4) is 5.75 Å². The lowest BCUT2D eigenvalue weighted by molar-refractivity contribution is -0.132. The second-order valence-corrected chi connectivity index (χ2v) is 5.96. The number of hydrogen-bond acceptors (Lipinski definition) is 4.